The molecule has 0 bridgehead atoms. The lowest BCUT2D eigenvalue weighted by Crippen LogP contribution is -2.32. The molecule has 8 aromatic rings. The fourth-order valence-corrected chi connectivity index (χ4v) is 9.51. The Morgan fingerprint density at radius 2 is 0.894 bits per heavy atom. The topological polar surface area (TPSA) is 3.24 Å². The van der Waals surface area contributed by atoms with Crippen LogP contribution < -0.4 is 4.90 Å². The van der Waals surface area contributed by atoms with Crippen molar-refractivity contribution in [1.29, 1.82) is 0 Å². The van der Waals surface area contributed by atoms with Crippen LogP contribution in [0.1, 0.15) is 22.3 Å². The molecule has 0 unspecified atom stereocenters. The predicted octanol–water partition coefficient (Wildman–Crippen LogP) is 12.3. The standard InChI is InChI=1S/C45H29NS/c1-3-14-33(15-4-1)46(34-16-5-2-6-17-34)35-28-26-30(27-29-35)36-18-11-22-40-44(36)47-41-23-8-7-19-37(41)45(40)38-20-9-12-31-24-25-32-13-10-21-39(45)43(32)42(31)38/h1-29H. The molecule has 1 nitrogen and oxygen atoms in total. The van der Waals surface area contributed by atoms with Gasteiger partial charge in [0.25, 0.3) is 0 Å². The van der Waals surface area contributed by atoms with Crippen molar-refractivity contribution in [3.05, 3.63) is 198 Å². The molecule has 0 N–H and O–H groups in total. The second kappa shape index (κ2) is 10.2. The SMILES string of the molecule is c1ccc(N(c2ccccc2)c2ccc(-c3cccc4c3Sc3ccccc3C43c4cccc5ccc6cccc3c6c45)cc2)cc1. The Morgan fingerprint density at radius 3 is 1.53 bits per heavy atom. The van der Waals surface area contributed by atoms with E-state index in [0.717, 1.165) is 17.1 Å². The summed E-state index contributed by atoms with van der Waals surface area (Å²) >= 11 is 1.92. The fourth-order valence-electron chi connectivity index (χ4n) is 8.19. The third kappa shape index (κ3) is 3.74. The zero-order valence-electron chi connectivity index (χ0n) is 25.6. The summed E-state index contributed by atoms with van der Waals surface area (Å²) < 4.78 is 0. The second-order valence-corrected chi connectivity index (χ2v) is 13.5. The second-order valence-electron chi connectivity index (χ2n) is 12.5. The van der Waals surface area contributed by atoms with E-state index in [2.05, 4.69) is 181 Å². The lowest BCUT2D eigenvalue weighted by molar-refractivity contribution is 0.726. The smallest absolute Gasteiger partial charge is 0.0736 e. The van der Waals surface area contributed by atoms with Gasteiger partial charge in [-0.25, -0.2) is 0 Å². The van der Waals surface area contributed by atoms with Gasteiger partial charge >= 0.3 is 0 Å². The highest BCUT2D eigenvalue weighted by Gasteiger charge is 2.49. The summed E-state index contributed by atoms with van der Waals surface area (Å²) in [6.45, 7) is 0. The molecule has 0 aromatic heterocycles. The Morgan fingerprint density at radius 1 is 0.383 bits per heavy atom. The van der Waals surface area contributed by atoms with Crippen LogP contribution in [0.5, 0.6) is 0 Å². The van der Waals surface area contributed by atoms with Crippen LogP contribution >= 0.6 is 11.8 Å². The Balaban J connectivity index is 1.18. The van der Waals surface area contributed by atoms with Gasteiger partial charge in [-0.15, -0.1) is 0 Å². The minimum Gasteiger partial charge on any atom is -0.311 e. The summed E-state index contributed by atoms with van der Waals surface area (Å²) in [6.07, 6.45) is 0. The van der Waals surface area contributed by atoms with Crippen molar-refractivity contribution in [2.45, 2.75) is 15.2 Å². The Kier molecular flexibility index (Phi) is 5.79. The van der Waals surface area contributed by atoms with E-state index < -0.39 is 0 Å². The number of benzene rings is 8. The average Bonchev–Trinajstić information content (AvgIpc) is 3.44. The van der Waals surface area contributed by atoms with Gasteiger partial charge in [-0.2, -0.15) is 0 Å². The van der Waals surface area contributed by atoms with Crippen molar-refractivity contribution in [2.24, 2.45) is 0 Å². The van der Waals surface area contributed by atoms with Gasteiger partial charge in [0.1, 0.15) is 0 Å². The summed E-state index contributed by atoms with van der Waals surface area (Å²) in [5, 5.41) is 5.41. The molecule has 0 radical (unpaired) electrons. The molecular formula is C45H29NS. The molecular weight excluding hydrogens is 587 g/mol. The van der Waals surface area contributed by atoms with Gasteiger partial charge in [-0.1, -0.05) is 145 Å². The summed E-state index contributed by atoms with van der Waals surface area (Å²) in [6, 6.07) is 64.7. The first-order chi connectivity index (χ1) is 23.3. The molecule has 47 heavy (non-hydrogen) atoms. The van der Waals surface area contributed by atoms with E-state index in [9.17, 15) is 0 Å². The van der Waals surface area contributed by atoms with E-state index in [4.69, 9.17) is 0 Å². The molecule has 8 aromatic carbocycles. The molecule has 0 fully saturated rings. The van der Waals surface area contributed by atoms with Crippen LogP contribution in [0.25, 0.3) is 32.7 Å². The number of nitrogens with zero attached hydrogens (tertiary/aromatic N) is 1. The van der Waals surface area contributed by atoms with Crippen LogP contribution in [0.3, 0.4) is 0 Å². The highest BCUT2D eigenvalue weighted by Crippen LogP contribution is 2.62. The summed E-state index contributed by atoms with van der Waals surface area (Å²) in [5.74, 6) is 0. The molecule has 1 aliphatic heterocycles. The van der Waals surface area contributed by atoms with Gasteiger partial charge in [0, 0.05) is 26.9 Å². The number of hydrogen-bond acceptors (Lipinski definition) is 2. The van der Waals surface area contributed by atoms with E-state index in [1.165, 1.54) is 64.7 Å². The van der Waals surface area contributed by atoms with E-state index >= 15 is 0 Å². The first kappa shape index (κ1) is 26.6. The molecule has 0 saturated carbocycles. The zero-order valence-corrected chi connectivity index (χ0v) is 26.4. The first-order valence-corrected chi connectivity index (χ1v) is 17.0. The number of fused-ring (bicyclic) bond motifs is 6. The third-order valence-corrected chi connectivity index (χ3v) is 11.3. The highest BCUT2D eigenvalue weighted by molar-refractivity contribution is 7.99. The maximum Gasteiger partial charge on any atom is 0.0736 e. The van der Waals surface area contributed by atoms with Crippen molar-refractivity contribution in [1.82, 2.24) is 0 Å². The Bertz CT molecular complexity index is 2380. The van der Waals surface area contributed by atoms with Crippen LogP contribution in [0.2, 0.25) is 0 Å². The minimum atomic E-state index is -0.382. The van der Waals surface area contributed by atoms with Crippen molar-refractivity contribution < 1.29 is 0 Å². The first-order valence-electron chi connectivity index (χ1n) is 16.2. The molecule has 1 aliphatic carbocycles. The van der Waals surface area contributed by atoms with Crippen LogP contribution in [0, 0.1) is 0 Å². The fraction of sp³-hybridized carbons (Fsp3) is 0.0222. The summed E-state index contributed by atoms with van der Waals surface area (Å²) in [4.78, 5) is 4.98. The molecule has 0 amide bonds. The Labute approximate surface area is 278 Å². The van der Waals surface area contributed by atoms with Crippen molar-refractivity contribution in [2.75, 3.05) is 4.90 Å². The van der Waals surface area contributed by atoms with Crippen LogP contribution in [0.15, 0.2) is 186 Å². The molecule has 2 heteroatoms. The van der Waals surface area contributed by atoms with Gasteiger partial charge < -0.3 is 4.90 Å². The van der Waals surface area contributed by atoms with E-state index in [1.807, 2.05) is 11.8 Å². The molecule has 220 valence electrons. The maximum absolute atomic E-state index is 2.38. The molecule has 2 aliphatic rings. The van der Waals surface area contributed by atoms with E-state index in [1.54, 1.807) is 0 Å². The third-order valence-electron chi connectivity index (χ3n) is 10.1. The number of rotatable bonds is 4. The van der Waals surface area contributed by atoms with Crippen LogP contribution in [0.4, 0.5) is 17.1 Å². The predicted molar refractivity (Wildman–Crippen MR) is 198 cm³/mol. The molecule has 0 saturated heterocycles. The lowest BCUT2D eigenvalue weighted by Gasteiger charge is -2.40. The number of para-hydroxylation sites is 2. The Hall–Kier alpha value is -5.57. The minimum absolute atomic E-state index is 0.382. The van der Waals surface area contributed by atoms with Gasteiger partial charge in [0.2, 0.25) is 0 Å². The molecule has 1 heterocycles. The largest absolute Gasteiger partial charge is 0.311 e. The normalized spacial score (nSPS) is 13.6. The quantitative estimate of drug-likeness (QED) is 0.181. The van der Waals surface area contributed by atoms with E-state index in [-0.39, 0.29) is 5.41 Å². The average molecular weight is 616 g/mol. The summed E-state index contributed by atoms with van der Waals surface area (Å²) in [7, 11) is 0. The lowest BCUT2D eigenvalue weighted by atomic mass is 9.66. The van der Waals surface area contributed by atoms with Gasteiger partial charge in [0.05, 0.1) is 5.41 Å². The van der Waals surface area contributed by atoms with Gasteiger partial charge in [-0.05, 0) is 97.4 Å². The van der Waals surface area contributed by atoms with Crippen molar-refractivity contribution in [3.8, 4) is 11.1 Å². The zero-order chi connectivity index (χ0) is 31.0. The van der Waals surface area contributed by atoms with Crippen molar-refractivity contribution >= 4 is 50.4 Å². The van der Waals surface area contributed by atoms with Crippen LogP contribution in [-0.4, -0.2) is 0 Å². The van der Waals surface area contributed by atoms with Crippen LogP contribution in [-0.2, 0) is 5.41 Å². The molecule has 0 atom stereocenters. The monoisotopic (exact) mass is 615 g/mol. The maximum atomic E-state index is 2.38. The number of hydrogen-bond donors (Lipinski definition) is 0. The van der Waals surface area contributed by atoms with Crippen molar-refractivity contribution in [3.63, 3.8) is 0 Å². The highest BCUT2D eigenvalue weighted by atomic mass is 32.2. The summed E-state index contributed by atoms with van der Waals surface area (Å²) in [5.41, 5.74) is 11.1. The molecule has 10 rings (SSSR count). The van der Waals surface area contributed by atoms with Gasteiger partial charge in [-0.3, -0.25) is 0 Å². The number of anilines is 3. The van der Waals surface area contributed by atoms with Gasteiger partial charge in [0.15, 0.2) is 0 Å². The molecule has 1 spiro atoms. The van der Waals surface area contributed by atoms with E-state index in [0.29, 0.717) is 0 Å².